The average molecular weight is 347 g/mol. The molecule has 1 saturated heterocycles. The number of nitrogens with two attached hydrogens (primary N) is 1. The van der Waals surface area contributed by atoms with E-state index in [0.29, 0.717) is 0 Å². The molecule has 4 nitrogen and oxygen atoms in total. The number of amides is 1. The van der Waals surface area contributed by atoms with Crippen LogP contribution in [0.3, 0.4) is 0 Å². The largest absolute Gasteiger partial charge is 0.378 e. The van der Waals surface area contributed by atoms with Crippen LogP contribution in [-0.2, 0) is 9.59 Å². The Balaban J connectivity index is 0.000000488. The van der Waals surface area contributed by atoms with Crippen LogP contribution in [0.5, 0.6) is 0 Å². The van der Waals surface area contributed by atoms with Gasteiger partial charge >= 0.3 is 0 Å². The second kappa shape index (κ2) is 13.4. The number of hydrogen-bond donors (Lipinski definition) is 1. The van der Waals surface area contributed by atoms with Crippen molar-refractivity contribution >= 4 is 59.1 Å². The third kappa shape index (κ3) is 8.16. The topological polar surface area (TPSA) is 63.4 Å². The van der Waals surface area contributed by atoms with Crippen molar-refractivity contribution in [3.05, 3.63) is 66.9 Å². The van der Waals surface area contributed by atoms with Crippen LogP contribution in [0.1, 0.15) is 18.4 Å². The molecule has 1 radical (unpaired) electrons. The van der Waals surface area contributed by atoms with Crippen LogP contribution in [0.4, 0.5) is 0 Å². The number of benzene rings is 2. The molecule has 1 fully saturated rings. The first-order valence-electron chi connectivity index (χ1n) is 7.81. The molecule has 127 valence electrons. The molecule has 0 bridgehead atoms. The molecule has 25 heavy (non-hydrogen) atoms. The first-order valence-corrected chi connectivity index (χ1v) is 7.81. The minimum Gasteiger partial charge on any atom is -0.378 e. The summed E-state index contributed by atoms with van der Waals surface area (Å²) in [6, 6.07) is 14.0. The average Bonchev–Trinajstić information content (AvgIpc) is 3.16. The Hall–Kier alpha value is -1.88. The van der Waals surface area contributed by atoms with Crippen LogP contribution in [0.15, 0.2) is 61.3 Å². The van der Waals surface area contributed by atoms with Gasteiger partial charge in [-0.3, -0.25) is 4.79 Å². The molecule has 0 aromatic heterocycles. The molecule has 0 saturated carbocycles. The van der Waals surface area contributed by atoms with Crippen LogP contribution < -0.4 is 5.73 Å². The van der Waals surface area contributed by atoms with E-state index in [4.69, 9.17) is 10.5 Å². The summed E-state index contributed by atoms with van der Waals surface area (Å²) in [6.45, 7) is 8.12. The molecule has 2 aromatic rings. The zero-order chi connectivity index (χ0) is 17.8. The van der Waals surface area contributed by atoms with Crippen molar-refractivity contribution in [3.63, 3.8) is 0 Å². The van der Waals surface area contributed by atoms with E-state index < -0.39 is 5.91 Å². The first-order chi connectivity index (χ1) is 11.7. The van der Waals surface area contributed by atoms with E-state index in [-0.39, 0.29) is 29.6 Å². The van der Waals surface area contributed by atoms with Crippen LogP contribution in [0.25, 0.3) is 16.8 Å². The molecule has 1 heterocycles. The fourth-order valence-corrected chi connectivity index (χ4v) is 2.49. The molecular formula is C20H24N2NaO2. The predicted octanol–water partition coefficient (Wildman–Crippen LogP) is 3.00. The van der Waals surface area contributed by atoms with Crippen molar-refractivity contribution < 1.29 is 9.59 Å². The standard InChI is InChI=1S/C13H11NO.C6H11N.CH2O.Na/c14-13(15)9-8-11-6-3-5-10-4-1-2-7-12(10)11;1-2-7-5-3-4-6-7;1-2;/h1-9H,(H2,14,15);2H,1,3-6H2;1H2;. The van der Waals surface area contributed by atoms with Crippen molar-refractivity contribution in [2.24, 2.45) is 5.73 Å². The number of hydrogen-bond acceptors (Lipinski definition) is 3. The third-order valence-electron chi connectivity index (χ3n) is 3.65. The molecule has 1 aliphatic rings. The molecule has 0 atom stereocenters. The number of rotatable bonds is 3. The number of nitrogens with zero attached hydrogens (tertiary/aromatic N) is 1. The Morgan fingerprint density at radius 3 is 2.20 bits per heavy atom. The number of carbonyl (C=O) groups excluding carboxylic acids is 2. The van der Waals surface area contributed by atoms with Crippen LogP contribution in [-0.4, -0.2) is 60.2 Å². The van der Waals surface area contributed by atoms with E-state index in [1.807, 2.05) is 55.5 Å². The van der Waals surface area contributed by atoms with Gasteiger partial charge < -0.3 is 15.4 Å². The maximum Gasteiger partial charge on any atom is 0.241 e. The first kappa shape index (κ1) is 23.1. The summed E-state index contributed by atoms with van der Waals surface area (Å²) >= 11 is 0. The molecule has 0 unspecified atom stereocenters. The predicted molar refractivity (Wildman–Crippen MR) is 106 cm³/mol. The van der Waals surface area contributed by atoms with Gasteiger partial charge in [-0.15, -0.1) is 0 Å². The fraction of sp³-hybridized carbons (Fsp3) is 0.200. The summed E-state index contributed by atoms with van der Waals surface area (Å²) in [5, 5.41) is 2.28. The van der Waals surface area contributed by atoms with Gasteiger partial charge in [0.15, 0.2) is 0 Å². The molecule has 3 rings (SSSR count). The van der Waals surface area contributed by atoms with Gasteiger partial charge in [0, 0.05) is 48.7 Å². The maximum atomic E-state index is 10.6. The van der Waals surface area contributed by atoms with Crippen LogP contribution >= 0.6 is 0 Å². The third-order valence-corrected chi connectivity index (χ3v) is 3.65. The molecule has 0 aliphatic carbocycles. The van der Waals surface area contributed by atoms with Crippen LogP contribution in [0, 0.1) is 0 Å². The van der Waals surface area contributed by atoms with Gasteiger partial charge in [-0.25, -0.2) is 0 Å². The molecule has 5 heteroatoms. The van der Waals surface area contributed by atoms with Gasteiger partial charge in [-0.05, 0) is 41.5 Å². The smallest absolute Gasteiger partial charge is 0.241 e. The van der Waals surface area contributed by atoms with Crippen molar-refractivity contribution in [2.75, 3.05) is 13.1 Å². The SMILES string of the molecule is C=CN1CCCC1.C=O.NC(=O)C=Cc1cccc2ccccc12.[Na]. The summed E-state index contributed by atoms with van der Waals surface area (Å²) in [5.74, 6) is -0.428. The van der Waals surface area contributed by atoms with Crippen molar-refractivity contribution in [1.29, 1.82) is 0 Å². The molecule has 1 amide bonds. The van der Waals surface area contributed by atoms with E-state index in [0.717, 1.165) is 16.3 Å². The Labute approximate surface area is 171 Å². The van der Waals surface area contributed by atoms with Gasteiger partial charge in [0.2, 0.25) is 5.91 Å². The molecule has 0 spiro atoms. The monoisotopic (exact) mass is 347 g/mol. The summed E-state index contributed by atoms with van der Waals surface area (Å²) in [5.41, 5.74) is 6.07. The second-order valence-electron chi connectivity index (χ2n) is 5.23. The summed E-state index contributed by atoms with van der Waals surface area (Å²) in [6.07, 6.45) is 7.75. The zero-order valence-corrected chi connectivity index (χ0v) is 16.9. The second-order valence-corrected chi connectivity index (χ2v) is 5.23. The van der Waals surface area contributed by atoms with E-state index in [9.17, 15) is 4.79 Å². The number of carbonyl (C=O) groups is 2. The maximum absolute atomic E-state index is 10.6. The number of fused-ring (bicyclic) bond motifs is 1. The molecule has 2 N–H and O–H groups in total. The Morgan fingerprint density at radius 1 is 1.04 bits per heavy atom. The fourth-order valence-electron chi connectivity index (χ4n) is 2.49. The Morgan fingerprint density at radius 2 is 1.64 bits per heavy atom. The Kier molecular flexibility index (Phi) is 12.4. The Bertz CT molecular complexity index is 690. The van der Waals surface area contributed by atoms with E-state index in [1.54, 1.807) is 6.08 Å². The summed E-state index contributed by atoms with van der Waals surface area (Å²) < 4.78 is 0. The number of likely N-dealkylation sites (tertiary alicyclic amines) is 1. The molecule has 2 aromatic carbocycles. The quantitative estimate of drug-likeness (QED) is 0.686. The van der Waals surface area contributed by atoms with Gasteiger partial charge in [0.1, 0.15) is 6.79 Å². The van der Waals surface area contributed by atoms with Gasteiger partial charge in [0.05, 0.1) is 0 Å². The minimum atomic E-state index is -0.428. The zero-order valence-electron chi connectivity index (χ0n) is 14.9. The van der Waals surface area contributed by atoms with Crippen molar-refractivity contribution in [2.45, 2.75) is 12.8 Å². The number of primary amides is 1. The van der Waals surface area contributed by atoms with Gasteiger partial charge in [0.25, 0.3) is 0 Å². The molecule has 1 aliphatic heterocycles. The van der Waals surface area contributed by atoms with E-state index in [2.05, 4.69) is 11.5 Å². The van der Waals surface area contributed by atoms with Gasteiger partial charge in [-0.2, -0.15) is 0 Å². The minimum absolute atomic E-state index is 0. The summed E-state index contributed by atoms with van der Waals surface area (Å²) in [7, 11) is 0. The van der Waals surface area contributed by atoms with Crippen molar-refractivity contribution in [3.8, 4) is 0 Å². The molecular weight excluding hydrogens is 323 g/mol. The van der Waals surface area contributed by atoms with Crippen molar-refractivity contribution in [1.82, 2.24) is 4.90 Å². The normalized spacial score (nSPS) is 12.4. The summed E-state index contributed by atoms with van der Waals surface area (Å²) in [4.78, 5) is 20.9. The van der Waals surface area contributed by atoms with E-state index >= 15 is 0 Å². The van der Waals surface area contributed by atoms with Crippen LogP contribution in [0.2, 0.25) is 0 Å². The van der Waals surface area contributed by atoms with Gasteiger partial charge in [-0.1, -0.05) is 49.0 Å². The van der Waals surface area contributed by atoms with E-state index in [1.165, 1.54) is 32.0 Å².